The van der Waals surface area contributed by atoms with Crippen molar-refractivity contribution >= 4 is 31.8 Å². The zero-order valence-corrected chi connectivity index (χ0v) is 16.6. The van der Waals surface area contributed by atoms with Crippen LogP contribution in [0, 0.1) is 12.8 Å². The van der Waals surface area contributed by atoms with Gasteiger partial charge in [0.05, 0.1) is 0 Å². The van der Waals surface area contributed by atoms with Crippen LogP contribution in [0.1, 0.15) is 35.3 Å². The van der Waals surface area contributed by atoms with Crippen LogP contribution in [0.25, 0.3) is 0 Å². The van der Waals surface area contributed by atoms with E-state index in [4.69, 9.17) is 0 Å². The van der Waals surface area contributed by atoms with Gasteiger partial charge >= 0.3 is 0 Å². The van der Waals surface area contributed by atoms with E-state index in [1.807, 2.05) is 12.1 Å². The highest BCUT2D eigenvalue weighted by Gasteiger charge is 2.13. The summed E-state index contributed by atoms with van der Waals surface area (Å²) in [6, 6.07) is 12.6. The second kappa shape index (κ2) is 8.25. The first-order valence-electron chi connectivity index (χ1n) is 8.74. The van der Waals surface area contributed by atoms with Crippen molar-refractivity contribution in [2.75, 3.05) is 0 Å². The third-order valence-corrected chi connectivity index (χ3v) is 6.23. The van der Waals surface area contributed by atoms with Gasteiger partial charge in [-0.05, 0) is 61.2 Å². The van der Waals surface area contributed by atoms with Gasteiger partial charge in [-0.2, -0.15) is 12.6 Å². The number of allylic oxidation sites excluding steroid dienone is 4. The number of phenols is 1. The van der Waals surface area contributed by atoms with Gasteiger partial charge in [-0.3, -0.25) is 0 Å². The zero-order chi connectivity index (χ0) is 17.8. The predicted octanol–water partition coefficient (Wildman–Crippen LogP) is 5.00. The van der Waals surface area contributed by atoms with Gasteiger partial charge in [-0.1, -0.05) is 62.7 Å². The molecular formula is C22H25OPS. The van der Waals surface area contributed by atoms with Crippen molar-refractivity contribution in [3.8, 4) is 5.75 Å². The van der Waals surface area contributed by atoms with E-state index >= 15 is 0 Å². The minimum absolute atomic E-state index is 0.187. The summed E-state index contributed by atoms with van der Waals surface area (Å²) < 4.78 is 0. The Bertz CT molecular complexity index is 808. The molecule has 0 aliphatic heterocycles. The minimum Gasteiger partial charge on any atom is -0.507 e. The second-order valence-electron chi connectivity index (χ2n) is 6.76. The molecule has 3 rings (SSSR count). The number of benzene rings is 2. The van der Waals surface area contributed by atoms with Crippen LogP contribution in [-0.4, -0.2) is 5.11 Å². The first-order chi connectivity index (χ1) is 12.0. The van der Waals surface area contributed by atoms with Crippen molar-refractivity contribution < 1.29 is 5.11 Å². The van der Waals surface area contributed by atoms with E-state index < -0.39 is 0 Å². The summed E-state index contributed by atoms with van der Waals surface area (Å²) in [6.07, 6.45) is 10.8. The van der Waals surface area contributed by atoms with Crippen LogP contribution in [0.2, 0.25) is 0 Å². The zero-order valence-electron chi connectivity index (χ0n) is 14.7. The fourth-order valence-corrected chi connectivity index (χ4v) is 4.88. The van der Waals surface area contributed by atoms with Gasteiger partial charge in [-0.25, -0.2) is 0 Å². The smallest absolute Gasteiger partial charge is 0.123 e. The van der Waals surface area contributed by atoms with Crippen LogP contribution < -0.4 is 10.6 Å². The molecule has 0 saturated heterocycles. The molecule has 1 N–H and O–H groups in total. The van der Waals surface area contributed by atoms with Gasteiger partial charge in [0.2, 0.25) is 0 Å². The molecule has 1 nitrogen and oxygen atoms in total. The van der Waals surface area contributed by atoms with E-state index in [-0.39, 0.29) is 5.25 Å². The SMILES string of the molecule is Cc1ccc(Pc2cc(CC3C=CC=CC3)ccc2O)c(C(C)S)c1. The monoisotopic (exact) mass is 368 g/mol. The standard InChI is InChI=1S/C22H25OPS/c1-15-8-11-21(19(12-15)16(2)25)24-22-14-18(9-10-20(22)23)13-17-6-4-3-5-7-17/h3-6,8-12,14,16-17,23-25H,7,13H2,1-2H3. The highest BCUT2D eigenvalue weighted by Crippen LogP contribution is 2.27. The molecule has 0 heterocycles. The first kappa shape index (κ1) is 18.3. The Kier molecular flexibility index (Phi) is 6.04. The molecule has 25 heavy (non-hydrogen) atoms. The topological polar surface area (TPSA) is 20.2 Å². The number of thiol groups is 1. The van der Waals surface area contributed by atoms with E-state index in [1.165, 1.54) is 22.0 Å². The van der Waals surface area contributed by atoms with Gasteiger partial charge in [0, 0.05) is 10.6 Å². The molecule has 3 atom stereocenters. The van der Waals surface area contributed by atoms with Gasteiger partial charge < -0.3 is 5.11 Å². The van der Waals surface area contributed by atoms with Gasteiger partial charge in [0.1, 0.15) is 5.75 Å². The predicted molar refractivity (Wildman–Crippen MR) is 114 cm³/mol. The highest BCUT2D eigenvalue weighted by atomic mass is 32.1. The van der Waals surface area contributed by atoms with E-state index in [0.717, 1.165) is 18.1 Å². The van der Waals surface area contributed by atoms with Gasteiger partial charge in [0.15, 0.2) is 0 Å². The van der Waals surface area contributed by atoms with Crippen LogP contribution in [0.5, 0.6) is 5.75 Å². The third-order valence-electron chi connectivity index (χ3n) is 4.55. The van der Waals surface area contributed by atoms with Crippen LogP contribution in [-0.2, 0) is 6.42 Å². The number of rotatable bonds is 5. The normalized spacial score (nSPS) is 18.1. The number of phenolic OH excluding ortho intramolecular Hbond substituents is 1. The minimum atomic E-state index is 0.187. The summed E-state index contributed by atoms with van der Waals surface area (Å²) in [4.78, 5) is 0. The van der Waals surface area contributed by atoms with Crippen molar-refractivity contribution in [2.24, 2.45) is 5.92 Å². The molecule has 2 aromatic rings. The van der Waals surface area contributed by atoms with Gasteiger partial charge in [-0.15, -0.1) is 0 Å². The lowest BCUT2D eigenvalue weighted by Crippen LogP contribution is -2.12. The Labute approximate surface area is 158 Å². The summed E-state index contributed by atoms with van der Waals surface area (Å²) in [5.74, 6) is 0.942. The van der Waals surface area contributed by atoms with E-state index in [0.29, 0.717) is 20.2 Å². The lowest BCUT2D eigenvalue weighted by molar-refractivity contribution is 0.479. The molecule has 1 aliphatic carbocycles. The van der Waals surface area contributed by atoms with E-state index in [9.17, 15) is 5.11 Å². The molecule has 0 saturated carbocycles. The average molecular weight is 368 g/mol. The van der Waals surface area contributed by atoms with Crippen molar-refractivity contribution in [1.29, 1.82) is 0 Å². The maximum absolute atomic E-state index is 10.3. The molecule has 0 radical (unpaired) electrons. The maximum Gasteiger partial charge on any atom is 0.123 e. The molecular weight excluding hydrogens is 343 g/mol. The highest BCUT2D eigenvalue weighted by molar-refractivity contribution is 7.80. The molecule has 3 unspecified atom stereocenters. The number of hydrogen-bond acceptors (Lipinski definition) is 2. The largest absolute Gasteiger partial charge is 0.507 e. The lowest BCUT2D eigenvalue weighted by Gasteiger charge is -2.16. The molecule has 0 amide bonds. The Hall–Kier alpha value is -1.50. The van der Waals surface area contributed by atoms with E-state index in [2.05, 4.69) is 75.0 Å². The Morgan fingerprint density at radius 3 is 2.72 bits per heavy atom. The molecule has 3 heteroatoms. The van der Waals surface area contributed by atoms with Crippen LogP contribution in [0.3, 0.4) is 0 Å². The summed E-state index contributed by atoms with van der Waals surface area (Å²) in [5.41, 5.74) is 3.80. The summed E-state index contributed by atoms with van der Waals surface area (Å²) in [5, 5.41) is 12.8. The number of aryl methyl sites for hydroxylation is 1. The van der Waals surface area contributed by atoms with Crippen molar-refractivity contribution in [3.05, 3.63) is 77.4 Å². The summed E-state index contributed by atoms with van der Waals surface area (Å²) in [7, 11) is 0.441. The average Bonchev–Trinajstić information content (AvgIpc) is 2.60. The number of aromatic hydroxyl groups is 1. The Morgan fingerprint density at radius 2 is 2.00 bits per heavy atom. The molecule has 0 fully saturated rings. The summed E-state index contributed by atoms with van der Waals surface area (Å²) >= 11 is 4.63. The molecule has 0 spiro atoms. The Balaban J connectivity index is 1.84. The third kappa shape index (κ3) is 4.77. The van der Waals surface area contributed by atoms with Crippen molar-refractivity contribution in [2.45, 2.75) is 31.9 Å². The van der Waals surface area contributed by atoms with Crippen LogP contribution in [0.4, 0.5) is 0 Å². The van der Waals surface area contributed by atoms with Crippen molar-refractivity contribution in [1.82, 2.24) is 0 Å². The molecule has 2 aromatic carbocycles. The lowest BCUT2D eigenvalue weighted by atomic mass is 9.93. The van der Waals surface area contributed by atoms with Gasteiger partial charge in [0.25, 0.3) is 0 Å². The fraction of sp³-hybridized carbons (Fsp3) is 0.273. The van der Waals surface area contributed by atoms with Crippen molar-refractivity contribution in [3.63, 3.8) is 0 Å². The first-order valence-corrected chi connectivity index (χ1v) is 10.3. The van der Waals surface area contributed by atoms with Crippen LogP contribution >= 0.6 is 21.2 Å². The molecule has 1 aliphatic rings. The quantitative estimate of drug-likeness (QED) is 0.562. The molecule has 130 valence electrons. The fourth-order valence-electron chi connectivity index (χ4n) is 3.18. The Morgan fingerprint density at radius 1 is 1.16 bits per heavy atom. The van der Waals surface area contributed by atoms with Crippen LogP contribution in [0.15, 0.2) is 60.7 Å². The number of hydrogen-bond donors (Lipinski definition) is 2. The maximum atomic E-state index is 10.3. The summed E-state index contributed by atoms with van der Waals surface area (Å²) in [6.45, 7) is 4.21. The van der Waals surface area contributed by atoms with E-state index in [1.54, 1.807) is 0 Å². The molecule has 0 bridgehead atoms. The second-order valence-corrected chi connectivity index (χ2v) is 8.86. The molecule has 0 aromatic heterocycles.